The van der Waals surface area contributed by atoms with Crippen molar-refractivity contribution in [1.29, 1.82) is 0 Å². The van der Waals surface area contributed by atoms with Crippen molar-refractivity contribution < 1.29 is 33.4 Å². The molecular formula is C18H17NO8. The molecule has 0 spiro atoms. The van der Waals surface area contributed by atoms with Crippen LogP contribution in [0.25, 0.3) is 0 Å². The summed E-state index contributed by atoms with van der Waals surface area (Å²) in [5.74, 6) is 0.939. The third kappa shape index (κ3) is 4.38. The normalized spacial score (nSPS) is 12.2. The number of esters is 1. The van der Waals surface area contributed by atoms with Gasteiger partial charge < -0.3 is 23.7 Å². The number of methoxy groups -OCH3 is 1. The minimum atomic E-state index is -0.836. The zero-order valence-electron chi connectivity index (χ0n) is 14.5. The highest BCUT2D eigenvalue weighted by molar-refractivity contribution is 5.95. The van der Waals surface area contributed by atoms with E-state index in [1.54, 1.807) is 31.4 Å². The summed E-state index contributed by atoms with van der Waals surface area (Å²) in [6.45, 7) is 0.610. The molecular weight excluding hydrogens is 358 g/mol. The lowest BCUT2D eigenvalue weighted by Crippen LogP contribution is -2.18. The van der Waals surface area contributed by atoms with Gasteiger partial charge in [0.15, 0.2) is 11.5 Å². The van der Waals surface area contributed by atoms with Gasteiger partial charge in [0.1, 0.15) is 43.5 Å². The van der Waals surface area contributed by atoms with E-state index in [2.05, 4.69) is 0 Å². The van der Waals surface area contributed by atoms with Crippen LogP contribution in [0.3, 0.4) is 0 Å². The minimum Gasteiger partial charge on any atom is -0.497 e. The molecule has 0 unspecified atom stereocenters. The fourth-order valence-electron chi connectivity index (χ4n) is 2.44. The molecule has 9 heteroatoms. The van der Waals surface area contributed by atoms with Crippen LogP contribution in [0.2, 0.25) is 0 Å². The molecule has 142 valence electrons. The SMILES string of the molecule is COc1ccc(OCCOC(=O)c2cc3c(cc2[N+](=O)[O-])OCCO3)cc1. The lowest BCUT2D eigenvalue weighted by Gasteiger charge is -2.18. The van der Waals surface area contributed by atoms with E-state index < -0.39 is 16.6 Å². The first kappa shape index (κ1) is 18.3. The molecule has 0 radical (unpaired) electrons. The Kier molecular flexibility index (Phi) is 5.60. The first-order chi connectivity index (χ1) is 13.1. The maximum Gasteiger partial charge on any atom is 0.345 e. The van der Waals surface area contributed by atoms with Crippen molar-refractivity contribution >= 4 is 11.7 Å². The monoisotopic (exact) mass is 375 g/mol. The highest BCUT2D eigenvalue weighted by atomic mass is 16.6. The van der Waals surface area contributed by atoms with Crippen molar-refractivity contribution in [3.63, 3.8) is 0 Å². The zero-order chi connectivity index (χ0) is 19.2. The number of nitro benzene ring substituents is 1. The Morgan fingerprint density at radius 1 is 1.07 bits per heavy atom. The van der Waals surface area contributed by atoms with Crippen molar-refractivity contribution in [2.24, 2.45) is 0 Å². The summed E-state index contributed by atoms with van der Waals surface area (Å²) in [4.78, 5) is 22.8. The van der Waals surface area contributed by atoms with E-state index in [9.17, 15) is 14.9 Å². The van der Waals surface area contributed by atoms with Crippen LogP contribution in [0.5, 0.6) is 23.0 Å². The van der Waals surface area contributed by atoms with E-state index in [1.807, 2.05) is 0 Å². The molecule has 2 aromatic carbocycles. The molecule has 9 nitrogen and oxygen atoms in total. The predicted octanol–water partition coefficient (Wildman–Crippen LogP) is 2.61. The molecule has 3 rings (SSSR count). The number of fused-ring (bicyclic) bond motifs is 1. The van der Waals surface area contributed by atoms with E-state index in [4.69, 9.17) is 23.7 Å². The summed E-state index contributed by atoms with van der Waals surface area (Å²) in [5, 5.41) is 11.2. The first-order valence-electron chi connectivity index (χ1n) is 8.10. The summed E-state index contributed by atoms with van der Waals surface area (Å²) >= 11 is 0. The lowest BCUT2D eigenvalue weighted by molar-refractivity contribution is -0.385. The second-order valence-corrected chi connectivity index (χ2v) is 5.43. The highest BCUT2D eigenvalue weighted by Gasteiger charge is 2.27. The van der Waals surface area contributed by atoms with Gasteiger partial charge in [-0.15, -0.1) is 0 Å². The van der Waals surface area contributed by atoms with Crippen molar-refractivity contribution in [1.82, 2.24) is 0 Å². The number of hydrogen-bond acceptors (Lipinski definition) is 8. The van der Waals surface area contributed by atoms with Crippen LogP contribution in [-0.4, -0.2) is 44.4 Å². The Hall–Kier alpha value is -3.49. The topological polar surface area (TPSA) is 106 Å². The number of nitro groups is 1. The van der Waals surface area contributed by atoms with E-state index in [0.717, 1.165) is 0 Å². The lowest BCUT2D eigenvalue weighted by atomic mass is 10.1. The largest absolute Gasteiger partial charge is 0.497 e. The number of benzene rings is 2. The van der Waals surface area contributed by atoms with Gasteiger partial charge in [-0.05, 0) is 24.3 Å². The van der Waals surface area contributed by atoms with Gasteiger partial charge in [0.2, 0.25) is 0 Å². The molecule has 0 amide bonds. The van der Waals surface area contributed by atoms with Crippen LogP contribution in [0.1, 0.15) is 10.4 Å². The minimum absolute atomic E-state index is 0.0730. The van der Waals surface area contributed by atoms with Crippen LogP contribution >= 0.6 is 0 Å². The van der Waals surface area contributed by atoms with Crippen LogP contribution in [0.4, 0.5) is 5.69 Å². The average Bonchev–Trinajstić information content (AvgIpc) is 2.70. The maximum absolute atomic E-state index is 12.3. The molecule has 0 saturated heterocycles. The van der Waals surface area contributed by atoms with Crippen molar-refractivity contribution in [2.45, 2.75) is 0 Å². The molecule has 1 heterocycles. The fraction of sp³-hybridized carbons (Fsp3) is 0.278. The predicted molar refractivity (Wildman–Crippen MR) is 92.9 cm³/mol. The van der Waals surface area contributed by atoms with E-state index in [0.29, 0.717) is 18.1 Å². The van der Waals surface area contributed by atoms with Gasteiger partial charge in [-0.25, -0.2) is 4.79 Å². The Morgan fingerprint density at radius 3 is 2.33 bits per heavy atom. The number of hydrogen-bond donors (Lipinski definition) is 0. The molecule has 0 bridgehead atoms. The van der Waals surface area contributed by atoms with Crippen molar-refractivity contribution in [2.75, 3.05) is 33.5 Å². The second kappa shape index (κ2) is 8.26. The molecule has 0 aliphatic carbocycles. The molecule has 2 aromatic rings. The fourth-order valence-corrected chi connectivity index (χ4v) is 2.44. The molecule has 0 atom stereocenters. The van der Waals surface area contributed by atoms with Crippen LogP contribution in [-0.2, 0) is 4.74 Å². The number of ether oxygens (including phenoxy) is 5. The number of carbonyl (C=O) groups is 1. The third-order valence-corrected chi connectivity index (χ3v) is 3.72. The molecule has 0 N–H and O–H groups in total. The van der Waals surface area contributed by atoms with Crippen LogP contribution in [0, 0.1) is 10.1 Å². The first-order valence-corrected chi connectivity index (χ1v) is 8.10. The standard InChI is InChI=1S/C18H17NO8/c1-23-12-2-4-13(5-3-12)24-6-9-27-18(20)14-10-16-17(26-8-7-25-16)11-15(14)19(21)22/h2-5,10-11H,6-9H2,1H3. The van der Waals surface area contributed by atoms with Crippen molar-refractivity contribution in [3.8, 4) is 23.0 Å². The summed E-state index contributed by atoms with van der Waals surface area (Å²) in [6.07, 6.45) is 0. The van der Waals surface area contributed by atoms with Gasteiger partial charge in [-0.1, -0.05) is 0 Å². The van der Waals surface area contributed by atoms with Gasteiger partial charge >= 0.3 is 5.97 Å². The smallest absolute Gasteiger partial charge is 0.345 e. The summed E-state index contributed by atoms with van der Waals surface area (Å²) < 4.78 is 26.2. The Bertz CT molecular complexity index is 834. The maximum atomic E-state index is 12.3. The van der Waals surface area contributed by atoms with Gasteiger partial charge in [-0.2, -0.15) is 0 Å². The molecule has 1 aliphatic rings. The number of carbonyl (C=O) groups excluding carboxylic acids is 1. The molecule has 0 saturated carbocycles. The Balaban J connectivity index is 1.60. The molecule has 1 aliphatic heterocycles. The van der Waals surface area contributed by atoms with E-state index in [1.165, 1.54) is 12.1 Å². The van der Waals surface area contributed by atoms with Crippen LogP contribution in [0.15, 0.2) is 36.4 Å². The molecule has 0 fully saturated rings. The van der Waals surface area contributed by atoms with E-state index >= 15 is 0 Å². The number of rotatable bonds is 7. The summed E-state index contributed by atoms with van der Waals surface area (Å²) in [7, 11) is 1.56. The van der Waals surface area contributed by atoms with E-state index in [-0.39, 0.29) is 36.9 Å². The van der Waals surface area contributed by atoms with Gasteiger partial charge in [0.25, 0.3) is 5.69 Å². The quantitative estimate of drug-likeness (QED) is 0.315. The third-order valence-electron chi connectivity index (χ3n) is 3.72. The van der Waals surface area contributed by atoms with Gasteiger partial charge in [0, 0.05) is 6.07 Å². The Morgan fingerprint density at radius 2 is 1.70 bits per heavy atom. The average molecular weight is 375 g/mol. The van der Waals surface area contributed by atoms with Crippen LogP contribution < -0.4 is 18.9 Å². The highest BCUT2D eigenvalue weighted by Crippen LogP contribution is 2.36. The van der Waals surface area contributed by atoms with Gasteiger partial charge in [0.05, 0.1) is 18.1 Å². The second-order valence-electron chi connectivity index (χ2n) is 5.43. The Labute approximate surface area is 154 Å². The zero-order valence-corrected chi connectivity index (χ0v) is 14.5. The summed E-state index contributed by atoms with van der Waals surface area (Å²) in [5.41, 5.74) is -0.603. The number of nitrogens with zero attached hydrogens (tertiary/aromatic N) is 1. The van der Waals surface area contributed by atoms with Crippen molar-refractivity contribution in [3.05, 3.63) is 52.1 Å². The molecule has 0 aromatic heterocycles. The van der Waals surface area contributed by atoms with Gasteiger partial charge in [-0.3, -0.25) is 10.1 Å². The summed E-state index contributed by atoms with van der Waals surface area (Å²) in [6, 6.07) is 9.33. The molecule has 27 heavy (non-hydrogen) atoms.